The summed E-state index contributed by atoms with van der Waals surface area (Å²) in [5.74, 6) is -0.442. The van der Waals surface area contributed by atoms with Gasteiger partial charge < -0.3 is 5.32 Å². The van der Waals surface area contributed by atoms with E-state index in [9.17, 15) is 17.6 Å². The van der Waals surface area contributed by atoms with Gasteiger partial charge in [0, 0.05) is 5.69 Å². The highest BCUT2D eigenvalue weighted by Crippen LogP contribution is 2.33. The molecule has 0 unspecified atom stereocenters. The van der Waals surface area contributed by atoms with Crippen LogP contribution >= 0.6 is 0 Å². The molecule has 0 bridgehead atoms. The first-order chi connectivity index (χ1) is 9.81. The SMILES string of the molecule is Cc1cc(F)ccc1Nc1cc(C(F)(F)F)ccc1C#N. The molecule has 0 saturated carbocycles. The molecule has 0 fully saturated rings. The lowest BCUT2D eigenvalue weighted by Crippen LogP contribution is -2.06. The van der Waals surface area contributed by atoms with Gasteiger partial charge in [0.1, 0.15) is 11.9 Å². The number of anilines is 2. The number of hydrogen-bond acceptors (Lipinski definition) is 2. The Bertz CT molecular complexity index is 715. The van der Waals surface area contributed by atoms with Crippen molar-refractivity contribution in [2.75, 3.05) is 5.32 Å². The number of rotatable bonds is 2. The van der Waals surface area contributed by atoms with Crippen molar-refractivity contribution >= 4 is 11.4 Å². The second kappa shape index (κ2) is 5.44. The molecule has 0 atom stereocenters. The Morgan fingerprint density at radius 1 is 1.05 bits per heavy atom. The molecule has 108 valence electrons. The lowest BCUT2D eigenvalue weighted by molar-refractivity contribution is -0.137. The van der Waals surface area contributed by atoms with Crippen molar-refractivity contribution in [3.05, 3.63) is 58.9 Å². The largest absolute Gasteiger partial charge is 0.416 e. The first-order valence-corrected chi connectivity index (χ1v) is 5.96. The van der Waals surface area contributed by atoms with E-state index in [1.807, 2.05) is 6.07 Å². The number of alkyl halides is 3. The summed E-state index contributed by atoms with van der Waals surface area (Å²) in [6, 6.07) is 8.48. The van der Waals surface area contributed by atoms with Gasteiger partial charge in [-0.15, -0.1) is 0 Å². The topological polar surface area (TPSA) is 35.8 Å². The minimum atomic E-state index is -4.50. The fraction of sp³-hybridized carbons (Fsp3) is 0.133. The summed E-state index contributed by atoms with van der Waals surface area (Å²) in [5.41, 5.74) is 0.209. The molecule has 0 aliphatic heterocycles. The van der Waals surface area contributed by atoms with E-state index in [2.05, 4.69) is 5.32 Å². The number of nitriles is 1. The zero-order valence-corrected chi connectivity index (χ0v) is 10.9. The molecule has 1 N–H and O–H groups in total. The van der Waals surface area contributed by atoms with Crippen molar-refractivity contribution in [1.82, 2.24) is 0 Å². The van der Waals surface area contributed by atoms with Crippen LogP contribution in [0.15, 0.2) is 36.4 Å². The normalized spacial score (nSPS) is 11.0. The van der Waals surface area contributed by atoms with Crippen LogP contribution in [0.5, 0.6) is 0 Å². The zero-order chi connectivity index (χ0) is 15.6. The van der Waals surface area contributed by atoms with E-state index in [4.69, 9.17) is 5.26 Å². The maximum absolute atomic E-state index is 13.0. The number of nitrogens with zero attached hydrogens (tertiary/aromatic N) is 1. The Morgan fingerprint density at radius 3 is 2.33 bits per heavy atom. The molecule has 0 spiro atoms. The standard InChI is InChI=1S/C15H10F4N2/c1-9-6-12(16)4-5-13(9)21-14-7-11(15(17,18)19)3-2-10(14)8-20/h2-7,21H,1H3. The van der Waals surface area contributed by atoms with Crippen molar-refractivity contribution < 1.29 is 17.6 Å². The van der Waals surface area contributed by atoms with Gasteiger partial charge in [-0.3, -0.25) is 0 Å². The molecule has 0 saturated heterocycles. The van der Waals surface area contributed by atoms with Crippen LogP contribution in [0.1, 0.15) is 16.7 Å². The molecular formula is C15H10F4N2. The first kappa shape index (κ1) is 14.9. The number of aryl methyl sites for hydroxylation is 1. The van der Waals surface area contributed by atoms with Gasteiger partial charge in [0.2, 0.25) is 0 Å². The van der Waals surface area contributed by atoms with E-state index in [-0.39, 0.29) is 11.3 Å². The second-order valence-corrected chi connectivity index (χ2v) is 4.45. The third-order valence-electron chi connectivity index (χ3n) is 2.93. The summed E-state index contributed by atoms with van der Waals surface area (Å²) >= 11 is 0. The van der Waals surface area contributed by atoms with Gasteiger partial charge in [0.05, 0.1) is 16.8 Å². The number of hydrogen-bond donors (Lipinski definition) is 1. The van der Waals surface area contributed by atoms with Crippen molar-refractivity contribution in [2.45, 2.75) is 13.1 Å². The smallest absolute Gasteiger partial charge is 0.354 e. The molecule has 2 aromatic rings. The molecule has 2 nitrogen and oxygen atoms in total. The third kappa shape index (κ3) is 3.31. The quantitative estimate of drug-likeness (QED) is 0.810. The zero-order valence-electron chi connectivity index (χ0n) is 10.9. The highest BCUT2D eigenvalue weighted by molar-refractivity contribution is 5.69. The lowest BCUT2D eigenvalue weighted by atomic mass is 10.1. The first-order valence-electron chi connectivity index (χ1n) is 5.96. The highest BCUT2D eigenvalue weighted by atomic mass is 19.4. The van der Waals surface area contributed by atoms with Gasteiger partial charge in [-0.05, 0) is 48.9 Å². The number of benzene rings is 2. The average molecular weight is 294 g/mol. The predicted molar refractivity (Wildman–Crippen MR) is 70.6 cm³/mol. The molecule has 2 rings (SSSR count). The molecule has 21 heavy (non-hydrogen) atoms. The Kier molecular flexibility index (Phi) is 3.85. The molecule has 0 heterocycles. The molecular weight excluding hydrogens is 284 g/mol. The van der Waals surface area contributed by atoms with Crippen LogP contribution in [-0.4, -0.2) is 0 Å². The maximum atomic E-state index is 13.0. The monoisotopic (exact) mass is 294 g/mol. The number of nitrogens with one attached hydrogen (secondary N) is 1. The van der Waals surface area contributed by atoms with Gasteiger partial charge in [-0.25, -0.2) is 4.39 Å². The van der Waals surface area contributed by atoms with Crippen molar-refractivity contribution in [1.29, 1.82) is 5.26 Å². The van der Waals surface area contributed by atoms with Crippen LogP contribution in [0, 0.1) is 24.1 Å². The van der Waals surface area contributed by atoms with Gasteiger partial charge in [0.25, 0.3) is 0 Å². The Labute approximate surface area is 118 Å². The maximum Gasteiger partial charge on any atom is 0.416 e. The Balaban J connectivity index is 2.45. The summed E-state index contributed by atoms with van der Waals surface area (Å²) in [7, 11) is 0. The van der Waals surface area contributed by atoms with Crippen molar-refractivity contribution in [3.63, 3.8) is 0 Å². The van der Waals surface area contributed by atoms with Crippen molar-refractivity contribution in [3.8, 4) is 6.07 Å². The summed E-state index contributed by atoms with van der Waals surface area (Å²) in [5, 5.41) is 11.7. The molecule has 2 aromatic carbocycles. The van der Waals surface area contributed by atoms with E-state index >= 15 is 0 Å². The third-order valence-corrected chi connectivity index (χ3v) is 2.93. The summed E-state index contributed by atoms with van der Waals surface area (Å²) in [6.07, 6.45) is -4.50. The van der Waals surface area contributed by atoms with Gasteiger partial charge in [-0.2, -0.15) is 18.4 Å². The van der Waals surface area contributed by atoms with E-state index < -0.39 is 17.6 Å². The molecule has 6 heteroatoms. The fourth-order valence-corrected chi connectivity index (χ4v) is 1.83. The second-order valence-electron chi connectivity index (χ2n) is 4.45. The molecule has 0 aliphatic rings. The lowest BCUT2D eigenvalue weighted by Gasteiger charge is -2.14. The Hall–Kier alpha value is -2.55. The average Bonchev–Trinajstić information content (AvgIpc) is 2.41. The van der Waals surface area contributed by atoms with Crippen molar-refractivity contribution in [2.24, 2.45) is 0 Å². The van der Waals surface area contributed by atoms with Crippen LogP contribution in [0.3, 0.4) is 0 Å². The van der Waals surface area contributed by atoms with Gasteiger partial charge >= 0.3 is 6.18 Å². The predicted octanol–water partition coefficient (Wildman–Crippen LogP) is 4.77. The van der Waals surface area contributed by atoms with E-state index in [1.165, 1.54) is 18.2 Å². The van der Waals surface area contributed by atoms with Crippen LogP contribution < -0.4 is 5.32 Å². The highest BCUT2D eigenvalue weighted by Gasteiger charge is 2.31. The summed E-state index contributed by atoms with van der Waals surface area (Å²) < 4.78 is 51.2. The fourth-order valence-electron chi connectivity index (χ4n) is 1.83. The van der Waals surface area contributed by atoms with Gasteiger partial charge in [-0.1, -0.05) is 0 Å². The molecule has 0 aliphatic carbocycles. The van der Waals surface area contributed by atoms with Crippen LogP contribution in [0.4, 0.5) is 28.9 Å². The summed E-state index contributed by atoms with van der Waals surface area (Å²) in [6.45, 7) is 1.62. The molecule has 0 amide bonds. The van der Waals surface area contributed by atoms with Gasteiger partial charge in [0.15, 0.2) is 0 Å². The van der Waals surface area contributed by atoms with E-state index in [0.717, 1.165) is 18.2 Å². The molecule has 0 aromatic heterocycles. The van der Waals surface area contributed by atoms with E-state index in [0.29, 0.717) is 11.3 Å². The Morgan fingerprint density at radius 2 is 1.76 bits per heavy atom. The number of halogens is 4. The van der Waals surface area contributed by atoms with Crippen LogP contribution in [-0.2, 0) is 6.18 Å². The summed E-state index contributed by atoms with van der Waals surface area (Å²) in [4.78, 5) is 0. The van der Waals surface area contributed by atoms with Crippen LogP contribution in [0.25, 0.3) is 0 Å². The van der Waals surface area contributed by atoms with E-state index in [1.54, 1.807) is 6.92 Å². The minimum absolute atomic E-state index is 0.0297. The minimum Gasteiger partial charge on any atom is -0.354 e. The van der Waals surface area contributed by atoms with Crippen LogP contribution in [0.2, 0.25) is 0 Å². The molecule has 0 radical (unpaired) electrons.